The maximum absolute atomic E-state index is 2.34. The number of hydrogen-bond acceptors (Lipinski definition) is 0. The maximum atomic E-state index is 2.34. The minimum atomic E-state index is 0.519. The summed E-state index contributed by atoms with van der Waals surface area (Å²) < 4.78 is 0. The van der Waals surface area contributed by atoms with Crippen molar-refractivity contribution in [1.29, 1.82) is 0 Å². The highest BCUT2D eigenvalue weighted by molar-refractivity contribution is 4.68. The predicted octanol–water partition coefficient (Wildman–Crippen LogP) is 20.5. The van der Waals surface area contributed by atoms with Gasteiger partial charge in [0, 0.05) is 0 Å². The zero-order valence-corrected chi connectivity index (χ0v) is 42.8. The molecule has 0 saturated carbocycles. The van der Waals surface area contributed by atoms with Crippen molar-refractivity contribution in [2.75, 3.05) is 0 Å². The van der Waals surface area contributed by atoms with Crippen molar-refractivity contribution in [2.45, 2.75) is 301 Å². The Kier molecular flexibility index (Phi) is 32.0. The Labute approximate surface area is 343 Å². The molecule has 0 aliphatic heterocycles. The monoisotopic (exact) mass is 751 g/mol. The van der Waals surface area contributed by atoms with Gasteiger partial charge in [0.15, 0.2) is 0 Å². The largest absolute Gasteiger partial charge is 0.0602 e. The molecular weight excluding hydrogens is 637 g/mol. The highest BCUT2D eigenvalue weighted by Crippen LogP contribution is 2.29. The van der Waals surface area contributed by atoms with E-state index in [1.165, 1.54) is 135 Å². The molecule has 0 heterocycles. The fourth-order valence-electron chi connectivity index (χ4n) is 6.14. The van der Waals surface area contributed by atoms with Crippen LogP contribution >= 0.6 is 0 Å². The lowest BCUT2D eigenvalue weighted by atomic mass is 9.84. The van der Waals surface area contributed by atoms with E-state index in [2.05, 4.69) is 166 Å². The average Bonchev–Trinajstić information content (AvgIpc) is 2.86. The Bertz CT molecular complexity index is 701. The Morgan fingerprint density at radius 1 is 0.132 bits per heavy atom. The second kappa shape index (κ2) is 28.4. The molecule has 0 saturated heterocycles. The van der Waals surface area contributed by atoms with Crippen LogP contribution in [0.1, 0.15) is 301 Å². The number of rotatable bonds is 17. The molecule has 0 aromatic heterocycles. The second-order valence-corrected chi connectivity index (χ2v) is 27.1. The van der Waals surface area contributed by atoms with E-state index in [-0.39, 0.29) is 0 Å². The molecule has 0 fully saturated rings. The van der Waals surface area contributed by atoms with E-state index in [0.717, 1.165) is 0 Å². The number of unbranched alkanes of at least 4 members (excludes halogenated alkanes) is 9. The minimum absolute atomic E-state index is 0.519. The van der Waals surface area contributed by atoms with Gasteiger partial charge in [-0.2, -0.15) is 0 Å². The number of hydrogen-bond donors (Lipinski definition) is 0. The van der Waals surface area contributed by atoms with E-state index in [0.29, 0.717) is 43.3 Å². The Hall–Kier alpha value is 0. The summed E-state index contributed by atoms with van der Waals surface area (Å²) >= 11 is 0. The first kappa shape index (κ1) is 59.7. The van der Waals surface area contributed by atoms with Gasteiger partial charge in [-0.05, 0) is 94.7 Å². The van der Waals surface area contributed by atoms with Crippen molar-refractivity contribution in [2.24, 2.45) is 43.3 Å². The smallest absolute Gasteiger partial charge is 0.0383 e. The lowest BCUT2D eigenvalue weighted by Crippen LogP contribution is -2.09. The van der Waals surface area contributed by atoms with E-state index < -0.39 is 0 Å². The maximum Gasteiger partial charge on any atom is -0.0383 e. The van der Waals surface area contributed by atoms with Crippen LogP contribution in [-0.4, -0.2) is 0 Å². The third kappa shape index (κ3) is 77.3. The topological polar surface area (TPSA) is 0 Å². The molecule has 0 heteroatoms. The zero-order chi connectivity index (χ0) is 42.8. The molecule has 0 atom stereocenters. The van der Waals surface area contributed by atoms with Crippen molar-refractivity contribution in [3.63, 3.8) is 0 Å². The third-order valence-electron chi connectivity index (χ3n) is 9.66. The van der Waals surface area contributed by atoms with Crippen LogP contribution in [0.25, 0.3) is 0 Å². The lowest BCUT2D eigenvalue weighted by molar-refractivity contribution is 0.301. The van der Waals surface area contributed by atoms with Crippen LogP contribution in [0, 0.1) is 43.3 Å². The van der Waals surface area contributed by atoms with E-state index in [1.807, 2.05) is 0 Å². The van der Waals surface area contributed by atoms with Crippen LogP contribution in [0.15, 0.2) is 0 Å². The summed E-state index contributed by atoms with van der Waals surface area (Å²) in [4.78, 5) is 0. The Balaban J connectivity index is -0.000000304. The normalized spacial score (nSPS) is 13.4. The molecule has 53 heavy (non-hydrogen) atoms. The van der Waals surface area contributed by atoms with Crippen LogP contribution in [0.5, 0.6) is 0 Å². The van der Waals surface area contributed by atoms with Gasteiger partial charge in [0.2, 0.25) is 0 Å². The molecule has 0 aromatic carbocycles. The fraction of sp³-hybridized carbons (Fsp3) is 1.00. The summed E-state index contributed by atoms with van der Waals surface area (Å²) in [6.45, 7) is 55.9. The van der Waals surface area contributed by atoms with E-state index in [1.54, 1.807) is 0 Å². The summed E-state index contributed by atoms with van der Waals surface area (Å²) in [6, 6.07) is 0. The second-order valence-electron chi connectivity index (χ2n) is 27.1. The van der Waals surface area contributed by atoms with Gasteiger partial charge in [-0.1, -0.05) is 250 Å². The van der Waals surface area contributed by atoms with Crippen LogP contribution < -0.4 is 0 Å². The van der Waals surface area contributed by atoms with Crippen molar-refractivity contribution in [1.82, 2.24) is 0 Å². The summed E-state index contributed by atoms with van der Waals surface area (Å²) in [7, 11) is 0. The highest BCUT2D eigenvalue weighted by atomic mass is 14.2. The first-order chi connectivity index (χ1) is 23.3. The standard InChI is InChI=1S/C15H32.C14H30.C13H28.C11H24/c1-14(2,3)12-10-8-7-9-11-13-15(4,5)6;1-13(2,3)11-9-7-8-10-12-14(4,5)6;1-12(2,3)10-8-7-9-11-13(4,5)6;1-10(2,3)8-7-9-11(4,5)6/h7-13H2,1-6H3;7-12H2,1-6H3;7-11H2,1-6H3;7-9H2,1-6H3. The van der Waals surface area contributed by atoms with E-state index in [9.17, 15) is 0 Å². The molecule has 0 radical (unpaired) electrons. The Morgan fingerprint density at radius 3 is 0.358 bits per heavy atom. The summed E-state index contributed by atoms with van der Waals surface area (Å²) in [5.74, 6) is 0. The van der Waals surface area contributed by atoms with Crippen LogP contribution in [-0.2, 0) is 0 Å². The lowest BCUT2D eigenvalue weighted by Gasteiger charge is -2.22. The third-order valence-corrected chi connectivity index (χ3v) is 9.66. The van der Waals surface area contributed by atoms with Crippen LogP contribution in [0.3, 0.4) is 0 Å². The fourth-order valence-corrected chi connectivity index (χ4v) is 6.14. The summed E-state index contributed by atoms with van der Waals surface area (Å²) in [5.41, 5.74) is 4.23. The average molecular weight is 751 g/mol. The van der Waals surface area contributed by atoms with Gasteiger partial charge in [0.05, 0.1) is 0 Å². The zero-order valence-electron chi connectivity index (χ0n) is 42.8. The van der Waals surface area contributed by atoms with Crippen molar-refractivity contribution >= 4 is 0 Å². The van der Waals surface area contributed by atoms with Crippen LogP contribution in [0.4, 0.5) is 0 Å². The van der Waals surface area contributed by atoms with Crippen molar-refractivity contribution in [3.05, 3.63) is 0 Å². The molecule has 0 aliphatic carbocycles. The van der Waals surface area contributed by atoms with Gasteiger partial charge in [-0.3, -0.25) is 0 Å². The molecule has 0 unspecified atom stereocenters. The van der Waals surface area contributed by atoms with Crippen molar-refractivity contribution in [3.8, 4) is 0 Å². The highest BCUT2D eigenvalue weighted by Gasteiger charge is 2.15. The first-order valence-corrected chi connectivity index (χ1v) is 23.3. The molecule has 0 nitrogen and oxygen atoms in total. The Morgan fingerprint density at radius 2 is 0.226 bits per heavy atom. The van der Waals surface area contributed by atoms with Crippen LogP contribution in [0.2, 0.25) is 0 Å². The molecule has 0 spiro atoms. The van der Waals surface area contributed by atoms with Gasteiger partial charge in [0.1, 0.15) is 0 Å². The van der Waals surface area contributed by atoms with Crippen molar-refractivity contribution < 1.29 is 0 Å². The van der Waals surface area contributed by atoms with Gasteiger partial charge in [0.25, 0.3) is 0 Å². The SMILES string of the molecule is CC(C)(C)CCCC(C)(C)C.CC(C)(C)CCCCCC(C)(C)C.CC(C)(C)CCCCCCC(C)(C)C.CC(C)(C)CCCCCCCC(C)(C)C. The molecule has 0 aliphatic rings. The first-order valence-electron chi connectivity index (χ1n) is 23.3. The van der Waals surface area contributed by atoms with Gasteiger partial charge < -0.3 is 0 Å². The van der Waals surface area contributed by atoms with Gasteiger partial charge >= 0.3 is 0 Å². The molecule has 0 rings (SSSR count). The molecule has 0 N–H and O–H groups in total. The quantitative estimate of drug-likeness (QED) is 0.130. The molecular formula is C53H114. The molecule has 326 valence electrons. The molecule has 0 aromatic rings. The molecule has 0 bridgehead atoms. The summed E-state index contributed by atoms with van der Waals surface area (Å²) in [5, 5.41) is 0. The van der Waals surface area contributed by atoms with Gasteiger partial charge in [-0.15, -0.1) is 0 Å². The predicted molar refractivity (Wildman–Crippen MR) is 253 cm³/mol. The van der Waals surface area contributed by atoms with Gasteiger partial charge in [-0.25, -0.2) is 0 Å². The molecule has 0 amide bonds. The van der Waals surface area contributed by atoms with E-state index >= 15 is 0 Å². The summed E-state index contributed by atoms with van der Waals surface area (Å²) in [6.07, 6.45) is 29.3. The van der Waals surface area contributed by atoms with E-state index in [4.69, 9.17) is 0 Å². The minimum Gasteiger partial charge on any atom is -0.0602 e.